The smallest absolute Gasteiger partial charge is 0.350 e. The number of rotatable bonds is 5. The minimum atomic E-state index is -4.54. The summed E-state index contributed by atoms with van der Waals surface area (Å²) in [5, 5.41) is 10.6. The number of alkyl halides is 3. The van der Waals surface area contributed by atoms with Crippen LogP contribution in [0.4, 0.5) is 13.2 Å². The molecule has 3 aromatic rings. The highest BCUT2D eigenvalue weighted by molar-refractivity contribution is 6.30. The van der Waals surface area contributed by atoms with Gasteiger partial charge in [0.2, 0.25) is 0 Å². The Morgan fingerprint density at radius 1 is 1.15 bits per heavy atom. The largest absolute Gasteiger partial charge is 0.418 e. The second-order valence-corrected chi connectivity index (χ2v) is 6.14. The number of halogens is 4. The number of para-hydroxylation sites is 1. The van der Waals surface area contributed by atoms with Crippen molar-refractivity contribution >= 4 is 17.5 Å². The molecule has 140 valence electrons. The van der Waals surface area contributed by atoms with Gasteiger partial charge < -0.3 is 5.32 Å². The summed E-state index contributed by atoms with van der Waals surface area (Å²) >= 11 is 5.90. The second-order valence-electron chi connectivity index (χ2n) is 5.70. The highest BCUT2D eigenvalue weighted by Crippen LogP contribution is 2.33. The molecule has 27 heavy (non-hydrogen) atoms. The number of nitrogens with one attached hydrogen (secondary N) is 1. The lowest BCUT2D eigenvalue weighted by atomic mass is 10.1. The van der Waals surface area contributed by atoms with Gasteiger partial charge in [-0.3, -0.25) is 4.79 Å². The van der Waals surface area contributed by atoms with Crippen LogP contribution < -0.4 is 5.32 Å². The van der Waals surface area contributed by atoms with Gasteiger partial charge >= 0.3 is 6.18 Å². The first kappa shape index (κ1) is 18.9. The van der Waals surface area contributed by atoms with E-state index in [1.165, 1.54) is 24.4 Å². The van der Waals surface area contributed by atoms with E-state index in [9.17, 15) is 18.0 Å². The fourth-order valence-electron chi connectivity index (χ4n) is 2.50. The van der Waals surface area contributed by atoms with E-state index < -0.39 is 17.6 Å². The van der Waals surface area contributed by atoms with E-state index in [0.717, 1.165) is 16.3 Å². The molecule has 3 rings (SSSR count). The molecule has 0 atom stereocenters. The Balaban J connectivity index is 1.68. The molecule has 0 saturated carbocycles. The van der Waals surface area contributed by atoms with Crippen LogP contribution >= 0.6 is 11.6 Å². The molecule has 0 aliphatic heterocycles. The average molecular weight is 395 g/mol. The Hall–Kier alpha value is -2.87. The second kappa shape index (κ2) is 7.79. The third-order valence-electron chi connectivity index (χ3n) is 3.77. The van der Waals surface area contributed by atoms with Crippen molar-refractivity contribution in [2.75, 3.05) is 6.54 Å². The third kappa shape index (κ3) is 4.65. The molecule has 5 nitrogen and oxygen atoms in total. The number of carbonyl (C=O) groups is 1. The van der Waals surface area contributed by atoms with E-state index >= 15 is 0 Å². The van der Waals surface area contributed by atoms with Gasteiger partial charge in [-0.25, -0.2) is 4.68 Å². The molecule has 0 unspecified atom stereocenters. The summed E-state index contributed by atoms with van der Waals surface area (Å²) in [7, 11) is 0. The van der Waals surface area contributed by atoms with Crippen LogP contribution in [0.2, 0.25) is 5.02 Å². The number of nitrogens with zero attached hydrogens (tertiary/aromatic N) is 3. The molecular formula is C18H14ClF3N4O. The molecule has 0 spiro atoms. The standard InChI is InChI=1S/C18H14ClF3N4O/c19-13-5-3-4-12(10-13)8-9-23-17(27)15-11-26(25-24-15)16-7-2-1-6-14(16)18(20,21)22/h1-7,10-11H,8-9H2,(H,23,27). The molecule has 1 aromatic heterocycles. The fraction of sp³-hybridized carbons (Fsp3) is 0.167. The predicted octanol–water partition coefficient (Wildman–Crippen LogP) is 3.91. The first-order valence-corrected chi connectivity index (χ1v) is 8.34. The van der Waals surface area contributed by atoms with Crippen LogP contribution in [-0.2, 0) is 12.6 Å². The number of amides is 1. The van der Waals surface area contributed by atoms with Gasteiger partial charge in [0.25, 0.3) is 5.91 Å². The molecule has 0 aliphatic rings. The molecule has 0 saturated heterocycles. The fourth-order valence-corrected chi connectivity index (χ4v) is 2.72. The van der Waals surface area contributed by atoms with Crippen molar-refractivity contribution in [3.8, 4) is 5.69 Å². The van der Waals surface area contributed by atoms with Gasteiger partial charge in [-0.15, -0.1) is 5.10 Å². The Kier molecular flexibility index (Phi) is 5.46. The summed E-state index contributed by atoms with van der Waals surface area (Å²) < 4.78 is 40.3. The van der Waals surface area contributed by atoms with Gasteiger partial charge in [0.1, 0.15) is 0 Å². The zero-order valence-electron chi connectivity index (χ0n) is 13.9. The van der Waals surface area contributed by atoms with Crippen LogP contribution in [0.1, 0.15) is 21.6 Å². The molecule has 1 N–H and O–H groups in total. The van der Waals surface area contributed by atoms with Crippen molar-refractivity contribution in [1.82, 2.24) is 20.3 Å². The van der Waals surface area contributed by atoms with E-state index in [0.29, 0.717) is 18.0 Å². The number of carbonyl (C=O) groups excluding carboxylic acids is 1. The number of hydrogen-bond donors (Lipinski definition) is 1. The Morgan fingerprint density at radius 3 is 2.67 bits per heavy atom. The average Bonchev–Trinajstić information content (AvgIpc) is 3.11. The maximum absolute atomic E-state index is 13.1. The lowest BCUT2D eigenvalue weighted by Crippen LogP contribution is -2.26. The molecule has 0 aliphatic carbocycles. The van der Waals surface area contributed by atoms with Gasteiger partial charge in [-0.2, -0.15) is 13.2 Å². The topological polar surface area (TPSA) is 59.8 Å². The van der Waals surface area contributed by atoms with E-state index in [1.54, 1.807) is 12.1 Å². The first-order valence-electron chi connectivity index (χ1n) is 7.96. The molecule has 0 radical (unpaired) electrons. The summed E-state index contributed by atoms with van der Waals surface area (Å²) in [5.74, 6) is -0.521. The van der Waals surface area contributed by atoms with Gasteiger partial charge in [-0.1, -0.05) is 41.1 Å². The maximum Gasteiger partial charge on any atom is 0.418 e. The van der Waals surface area contributed by atoms with Crippen molar-refractivity contribution < 1.29 is 18.0 Å². The highest BCUT2D eigenvalue weighted by Gasteiger charge is 2.34. The van der Waals surface area contributed by atoms with Crippen molar-refractivity contribution in [3.63, 3.8) is 0 Å². The summed E-state index contributed by atoms with van der Waals surface area (Å²) in [6, 6.07) is 12.2. The molecule has 9 heteroatoms. The third-order valence-corrected chi connectivity index (χ3v) is 4.01. The SMILES string of the molecule is O=C(NCCc1cccc(Cl)c1)c1cn(-c2ccccc2C(F)(F)F)nn1. The van der Waals surface area contributed by atoms with Gasteiger partial charge in [0.15, 0.2) is 5.69 Å². The van der Waals surface area contributed by atoms with Crippen molar-refractivity contribution in [1.29, 1.82) is 0 Å². The predicted molar refractivity (Wildman–Crippen MR) is 93.9 cm³/mol. The van der Waals surface area contributed by atoms with Gasteiger partial charge in [0, 0.05) is 11.6 Å². The number of benzene rings is 2. The molecule has 1 heterocycles. The zero-order chi connectivity index (χ0) is 19.4. The van der Waals surface area contributed by atoms with Crippen LogP contribution in [0.15, 0.2) is 54.7 Å². The Morgan fingerprint density at radius 2 is 1.93 bits per heavy atom. The Bertz CT molecular complexity index is 956. The maximum atomic E-state index is 13.1. The quantitative estimate of drug-likeness (QED) is 0.713. The van der Waals surface area contributed by atoms with E-state index in [4.69, 9.17) is 11.6 Å². The van der Waals surface area contributed by atoms with Gasteiger partial charge in [0.05, 0.1) is 17.4 Å². The first-order chi connectivity index (χ1) is 12.8. The summed E-state index contributed by atoms with van der Waals surface area (Å²) in [5.41, 5.74) is -0.179. The lowest BCUT2D eigenvalue weighted by molar-refractivity contribution is -0.137. The van der Waals surface area contributed by atoms with E-state index in [1.807, 2.05) is 12.1 Å². The monoisotopic (exact) mass is 394 g/mol. The lowest BCUT2D eigenvalue weighted by Gasteiger charge is -2.11. The summed E-state index contributed by atoms with van der Waals surface area (Å²) in [6.45, 7) is 0.325. The van der Waals surface area contributed by atoms with Crippen molar-refractivity contribution in [2.45, 2.75) is 12.6 Å². The summed E-state index contributed by atoms with van der Waals surface area (Å²) in [4.78, 5) is 12.2. The minimum absolute atomic E-state index is 0.0712. The Labute approximate surface area is 157 Å². The van der Waals surface area contributed by atoms with E-state index in [-0.39, 0.29) is 11.4 Å². The molecule has 2 aromatic carbocycles. The van der Waals surface area contributed by atoms with Crippen LogP contribution in [0.3, 0.4) is 0 Å². The van der Waals surface area contributed by atoms with Gasteiger partial charge in [-0.05, 0) is 36.2 Å². The highest BCUT2D eigenvalue weighted by atomic mass is 35.5. The molecule has 0 bridgehead atoms. The van der Waals surface area contributed by atoms with Crippen LogP contribution in [0, 0.1) is 0 Å². The minimum Gasteiger partial charge on any atom is -0.350 e. The van der Waals surface area contributed by atoms with Crippen molar-refractivity contribution in [2.24, 2.45) is 0 Å². The van der Waals surface area contributed by atoms with E-state index in [2.05, 4.69) is 15.6 Å². The molecular weight excluding hydrogens is 381 g/mol. The number of aromatic nitrogens is 3. The zero-order valence-corrected chi connectivity index (χ0v) is 14.6. The molecule has 0 fully saturated rings. The van der Waals surface area contributed by atoms with Crippen LogP contribution in [0.5, 0.6) is 0 Å². The number of hydrogen-bond acceptors (Lipinski definition) is 3. The van der Waals surface area contributed by atoms with Crippen LogP contribution in [0.25, 0.3) is 5.69 Å². The normalized spacial score (nSPS) is 11.4. The van der Waals surface area contributed by atoms with Crippen LogP contribution in [-0.4, -0.2) is 27.4 Å². The van der Waals surface area contributed by atoms with Crippen molar-refractivity contribution in [3.05, 3.63) is 76.6 Å². The summed E-state index contributed by atoms with van der Waals surface area (Å²) in [6.07, 6.45) is -2.82. The molecule has 1 amide bonds.